The number of halogens is 2. The van der Waals surface area contributed by atoms with Crippen molar-refractivity contribution in [1.29, 1.82) is 0 Å². The smallest absolute Gasteiger partial charge is 0.157 e. The number of unbranched alkanes of at least 4 members (excludes halogenated alkanes) is 2. The van der Waals surface area contributed by atoms with Crippen LogP contribution in [0.5, 0.6) is 0 Å². The molecule has 2 saturated carbocycles. The second kappa shape index (κ2) is 16.1. The molecule has 0 radical (unpaired) electrons. The van der Waals surface area contributed by atoms with E-state index in [1.54, 1.807) is 0 Å². The molecule has 0 aliphatic heterocycles. The third-order valence-corrected chi connectivity index (χ3v) is 8.59. The number of hydrogen-bond acceptors (Lipinski definition) is 1. The number of terminal acetylenes is 1. The Kier molecular flexibility index (Phi) is 14.0. The molecule has 0 saturated heterocycles. The van der Waals surface area contributed by atoms with Gasteiger partial charge in [0.05, 0.1) is 6.10 Å². The van der Waals surface area contributed by atoms with Gasteiger partial charge < -0.3 is 4.74 Å². The molecule has 0 aromatic rings. The van der Waals surface area contributed by atoms with Gasteiger partial charge in [-0.25, -0.2) is 8.78 Å². The quantitative estimate of drug-likeness (QED) is 0.173. The van der Waals surface area contributed by atoms with E-state index in [2.05, 4.69) is 26.7 Å². The number of hydrogen-bond donors (Lipinski definition) is 0. The van der Waals surface area contributed by atoms with E-state index in [1.165, 1.54) is 57.8 Å². The van der Waals surface area contributed by atoms with E-state index in [0.29, 0.717) is 6.42 Å². The third kappa shape index (κ3) is 9.51. The molecule has 192 valence electrons. The lowest BCUT2D eigenvalue weighted by atomic mass is 9.71. The van der Waals surface area contributed by atoms with E-state index in [0.717, 1.165) is 62.7 Å². The highest BCUT2D eigenvalue weighted by atomic mass is 19.2. The van der Waals surface area contributed by atoms with Crippen LogP contribution < -0.4 is 0 Å². The summed E-state index contributed by atoms with van der Waals surface area (Å²) in [5.74, 6) is 5.05. The second-order valence-electron chi connectivity index (χ2n) is 11.1. The standard InChI is InChI=1S/C30H52F2O/c1-5-9-10-16-27(8-4)33-28-22-21-26(29(31)30(28)32)15-11-14-24(13-7-3)25-19-17-23(12-6-2)18-20-25/h4,23-30H,5-7,9-22H2,1-3H3/t23?,24-,25?,26?,27?,28?,29?,30?/m1/s1. The molecule has 0 bridgehead atoms. The molecule has 0 amide bonds. The van der Waals surface area contributed by atoms with Crippen molar-refractivity contribution < 1.29 is 13.5 Å². The van der Waals surface area contributed by atoms with Crippen LogP contribution in [0.3, 0.4) is 0 Å². The molecule has 2 aliphatic rings. The highest BCUT2D eigenvalue weighted by Crippen LogP contribution is 2.40. The van der Waals surface area contributed by atoms with E-state index in [-0.39, 0.29) is 12.0 Å². The van der Waals surface area contributed by atoms with Gasteiger partial charge in [-0.2, -0.15) is 0 Å². The molecule has 2 rings (SSSR count). The summed E-state index contributed by atoms with van der Waals surface area (Å²) in [6.07, 6.45) is 20.6. The summed E-state index contributed by atoms with van der Waals surface area (Å²) < 4.78 is 35.7. The molecule has 0 aromatic carbocycles. The van der Waals surface area contributed by atoms with Crippen molar-refractivity contribution in [2.24, 2.45) is 23.7 Å². The molecule has 6 atom stereocenters. The van der Waals surface area contributed by atoms with Crippen LogP contribution in [0.4, 0.5) is 8.78 Å². The average Bonchev–Trinajstić information content (AvgIpc) is 2.82. The van der Waals surface area contributed by atoms with E-state index < -0.39 is 18.4 Å². The van der Waals surface area contributed by atoms with Gasteiger partial charge in [0.2, 0.25) is 0 Å². The lowest BCUT2D eigenvalue weighted by Gasteiger charge is -2.37. The summed E-state index contributed by atoms with van der Waals surface area (Å²) in [5, 5.41) is 0. The van der Waals surface area contributed by atoms with Crippen LogP contribution in [0.2, 0.25) is 0 Å². The Bertz CT molecular complexity index is 536. The molecule has 2 fully saturated rings. The van der Waals surface area contributed by atoms with Gasteiger partial charge in [-0.05, 0) is 68.6 Å². The first-order valence-corrected chi connectivity index (χ1v) is 14.4. The minimum absolute atomic E-state index is 0.160. The number of ether oxygens (including phenoxy) is 1. The Morgan fingerprint density at radius 3 is 2.18 bits per heavy atom. The van der Waals surface area contributed by atoms with Gasteiger partial charge >= 0.3 is 0 Å². The summed E-state index contributed by atoms with van der Waals surface area (Å²) in [4.78, 5) is 0. The molecule has 0 aromatic heterocycles. The fourth-order valence-electron chi connectivity index (χ4n) is 6.58. The van der Waals surface area contributed by atoms with Crippen molar-refractivity contribution >= 4 is 0 Å². The zero-order valence-corrected chi connectivity index (χ0v) is 21.9. The summed E-state index contributed by atoms with van der Waals surface area (Å²) in [5.41, 5.74) is 0. The average molecular weight is 467 g/mol. The fraction of sp³-hybridized carbons (Fsp3) is 0.933. The minimum atomic E-state index is -1.54. The third-order valence-electron chi connectivity index (χ3n) is 8.59. The van der Waals surface area contributed by atoms with Crippen LogP contribution in [0.1, 0.15) is 130 Å². The van der Waals surface area contributed by atoms with Gasteiger partial charge in [-0.15, -0.1) is 6.42 Å². The molecular formula is C30H52F2O. The van der Waals surface area contributed by atoms with Crippen molar-refractivity contribution in [3.8, 4) is 12.3 Å². The Hall–Kier alpha value is -0.620. The SMILES string of the molecule is C#CC(CCCCC)OC1CCC(CCC[C@@H](CCC)C2CCC(CCC)CC2)C(F)C1F. The van der Waals surface area contributed by atoms with E-state index in [4.69, 9.17) is 11.2 Å². The van der Waals surface area contributed by atoms with Gasteiger partial charge in [-0.1, -0.05) is 90.9 Å². The predicted molar refractivity (Wildman–Crippen MR) is 137 cm³/mol. The van der Waals surface area contributed by atoms with Crippen molar-refractivity contribution in [1.82, 2.24) is 0 Å². The Labute approximate surface area is 204 Å². The van der Waals surface area contributed by atoms with Crippen molar-refractivity contribution in [3.05, 3.63) is 0 Å². The molecule has 0 spiro atoms. The zero-order chi connectivity index (χ0) is 24.1. The minimum Gasteiger partial charge on any atom is -0.359 e. The van der Waals surface area contributed by atoms with Crippen molar-refractivity contribution in [2.75, 3.05) is 0 Å². The van der Waals surface area contributed by atoms with Crippen LogP contribution in [0, 0.1) is 36.0 Å². The fourth-order valence-corrected chi connectivity index (χ4v) is 6.58. The van der Waals surface area contributed by atoms with Gasteiger partial charge in [0, 0.05) is 0 Å². The number of rotatable bonds is 15. The maximum absolute atomic E-state index is 15.0. The normalized spacial score (nSPS) is 32.2. The first kappa shape index (κ1) is 28.6. The molecule has 3 heteroatoms. The molecule has 1 nitrogen and oxygen atoms in total. The Morgan fingerprint density at radius 2 is 1.55 bits per heavy atom. The lowest BCUT2D eigenvalue weighted by molar-refractivity contribution is -0.0930. The van der Waals surface area contributed by atoms with Crippen molar-refractivity contribution in [2.45, 2.75) is 154 Å². The summed E-state index contributed by atoms with van der Waals surface area (Å²) >= 11 is 0. The molecule has 33 heavy (non-hydrogen) atoms. The van der Waals surface area contributed by atoms with Crippen LogP contribution >= 0.6 is 0 Å². The van der Waals surface area contributed by atoms with Gasteiger partial charge in [0.25, 0.3) is 0 Å². The maximum Gasteiger partial charge on any atom is 0.157 e. The molecule has 0 N–H and O–H groups in total. The molecule has 5 unspecified atom stereocenters. The topological polar surface area (TPSA) is 9.23 Å². The Balaban J connectivity index is 1.75. The van der Waals surface area contributed by atoms with Gasteiger partial charge in [0.1, 0.15) is 12.3 Å². The first-order chi connectivity index (χ1) is 16.0. The summed E-state index contributed by atoms with van der Waals surface area (Å²) in [7, 11) is 0. The Morgan fingerprint density at radius 1 is 0.788 bits per heavy atom. The summed E-state index contributed by atoms with van der Waals surface area (Å²) in [6.45, 7) is 6.72. The van der Waals surface area contributed by atoms with E-state index in [1.807, 2.05) is 0 Å². The molecule has 0 heterocycles. The molecular weight excluding hydrogens is 414 g/mol. The monoisotopic (exact) mass is 466 g/mol. The van der Waals surface area contributed by atoms with Crippen molar-refractivity contribution in [3.63, 3.8) is 0 Å². The largest absolute Gasteiger partial charge is 0.359 e. The highest BCUT2D eigenvalue weighted by Gasteiger charge is 2.41. The lowest BCUT2D eigenvalue weighted by Crippen LogP contribution is -2.44. The van der Waals surface area contributed by atoms with Crippen LogP contribution in [-0.2, 0) is 4.74 Å². The van der Waals surface area contributed by atoms with E-state index >= 15 is 0 Å². The predicted octanol–water partition coefficient (Wildman–Crippen LogP) is 9.23. The summed E-state index contributed by atoms with van der Waals surface area (Å²) in [6, 6.07) is 0. The van der Waals surface area contributed by atoms with Crippen LogP contribution in [-0.4, -0.2) is 24.6 Å². The number of alkyl halides is 2. The van der Waals surface area contributed by atoms with Gasteiger partial charge in [0.15, 0.2) is 6.17 Å². The van der Waals surface area contributed by atoms with Gasteiger partial charge in [-0.3, -0.25) is 0 Å². The second-order valence-corrected chi connectivity index (χ2v) is 11.1. The van der Waals surface area contributed by atoms with Crippen LogP contribution in [0.15, 0.2) is 0 Å². The molecule has 2 aliphatic carbocycles. The maximum atomic E-state index is 15.0. The first-order valence-electron chi connectivity index (χ1n) is 14.4. The van der Waals surface area contributed by atoms with Crippen LogP contribution in [0.25, 0.3) is 0 Å². The zero-order valence-electron chi connectivity index (χ0n) is 21.9. The van der Waals surface area contributed by atoms with E-state index in [9.17, 15) is 8.78 Å². The highest BCUT2D eigenvalue weighted by molar-refractivity contribution is 4.97.